The lowest BCUT2D eigenvalue weighted by Gasteiger charge is -2.18. The van der Waals surface area contributed by atoms with Crippen LogP contribution < -0.4 is 4.74 Å². The molecule has 3 aromatic rings. The topological polar surface area (TPSA) is 81.5 Å². The zero-order chi connectivity index (χ0) is 23.3. The molecule has 0 atom stereocenters. The van der Waals surface area contributed by atoms with E-state index in [1.54, 1.807) is 24.1 Å². The number of ether oxygens (including phenoxy) is 1. The van der Waals surface area contributed by atoms with Gasteiger partial charge in [0.05, 0.1) is 23.7 Å². The highest BCUT2D eigenvalue weighted by Crippen LogP contribution is 2.17. The van der Waals surface area contributed by atoms with Crippen molar-refractivity contribution in [3.05, 3.63) is 77.1 Å². The second-order valence-electron chi connectivity index (χ2n) is 7.96. The summed E-state index contributed by atoms with van der Waals surface area (Å²) in [4.78, 5) is 14.7. The number of aryl methyl sites for hydroxylation is 2. The Bertz CT molecular complexity index is 1200. The molecule has 0 saturated carbocycles. The van der Waals surface area contributed by atoms with Gasteiger partial charge in [0.1, 0.15) is 5.75 Å². The number of benzene rings is 2. The van der Waals surface area contributed by atoms with Gasteiger partial charge in [0.15, 0.2) is 9.84 Å². The Morgan fingerprint density at radius 1 is 1.09 bits per heavy atom. The smallest absolute Gasteiger partial charge is 0.253 e. The molecule has 0 radical (unpaired) electrons. The van der Waals surface area contributed by atoms with Crippen molar-refractivity contribution in [1.82, 2.24) is 14.7 Å². The highest BCUT2D eigenvalue weighted by Gasteiger charge is 2.13. The fraction of sp³-hybridized carbons (Fsp3) is 0.333. The maximum atomic E-state index is 12.8. The summed E-state index contributed by atoms with van der Waals surface area (Å²) in [6.07, 6.45) is 1.79. The Morgan fingerprint density at radius 3 is 2.53 bits per heavy atom. The zero-order valence-corrected chi connectivity index (χ0v) is 19.7. The van der Waals surface area contributed by atoms with Crippen LogP contribution in [0.1, 0.15) is 33.7 Å². The predicted molar refractivity (Wildman–Crippen MR) is 124 cm³/mol. The van der Waals surface area contributed by atoms with Gasteiger partial charge >= 0.3 is 0 Å². The number of hydrogen-bond acceptors (Lipinski definition) is 5. The summed E-state index contributed by atoms with van der Waals surface area (Å²) in [6.45, 7) is 5.49. The van der Waals surface area contributed by atoms with Gasteiger partial charge in [-0.25, -0.2) is 8.42 Å². The number of aromatic nitrogens is 2. The molecular formula is C24H29N3O4S. The van der Waals surface area contributed by atoms with Crippen LogP contribution in [0.25, 0.3) is 0 Å². The second-order valence-corrected chi connectivity index (χ2v) is 9.98. The summed E-state index contributed by atoms with van der Waals surface area (Å²) in [5.74, 6) is 0.443. The van der Waals surface area contributed by atoms with E-state index in [0.717, 1.165) is 17.0 Å². The number of carbonyl (C=O) groups is 1. The van der Waals surface area contributed by atoms with Crippen LogP contribution in [0.5, 0.6) is 5.75 Å². The normalized spacial score (nSPS) is 11.4. The van der Waals surface area contributed by atoms with Crippen molar-refractivity contribution < 1.29 is 17.9 Å². The molecular weight excluding hydrogens is 426 g/mol. The lowest BCUT2D eigenvalue weighted by atomic mass is 10.1. The molecule has 0 N–H and O–H groups in total. The molecule has 1 heterocycles. The van der Waals surface area contributed by atoms with Crippen molar-refractivity contribution in [3.8, 4) is 5.75 Å². The van der Waals surface area contributed by atoms with E-state index in [4.69, 9.17) is 4.74 Å². The quantitative estimate of drug-likeness (QED) is 0.461. The van der Waals surface area contributed by atoms with Crippen LogP contribution in [-0.4, -0.2) is 55.5 Å². The minimum atomic E-state index is -3.27. The third kappa shape index (κ3) is 6.20. The monoisotopic (exact) mass is 455 g/mol. The van der Waals surface area contributed by atoms with Gasteiger partial charge in [-0.2, -0.15) is 5.10 Å². The number of hydrogen-bond donors (Lipinski definition) is 0. The number of rotatable bonds is 9. The van der Waals surface area contributed by atoms with E-state index in [1.807, 2.05) is 48.9 Å². The van der Waals surface area contributed by atoms with E-state index in [2.05, 4.69) is 5.10 Å². The molecule has 8 heteroatoms. The lowest BCUT2D eigenvalue weighted by molar-refractivity contribution is 0.0787. The van der Waals surface area contributed by atoms with Gasteiger partial charge in [-0.3, -0.25) is 9.48 Å². The SMILES string of the molecule is Cc1cc(C)n(Cc2cccc(C(=O)N(C)CCCOc3cccc(S(C)(=O)=O)c3)c2)n1. The highest BCUT2D eigenvalue weighted by atomic mass is 32.2. The molecule has 3 rings (SSSR count). The van der Waals surface area contributed by atoms with Gasteiger partial charge in [0, 0.05) is 31.1 Å². The predicted octanol–water partition coefficient (Wildman–Crippen LogP) is 3.49. The van der Waals surface area contributed by atoms with E-state index >= 15 is 0 Å². The molecule has 0 aliphatic heterocycles. The molecule has 2 aromatic carbocycles. The molecule has 1 amide bonds. The van der Waals surface area contributed by atoms with Gasteiger partial charge in [-0.05, 0) is 62.2 Å². The zero-order valence-electron chi connectivity index (χ0n) is 18.9. The summed E-state index contributed by atoms with van der Waals surface area (Å²) in [7, 11) is -1.51. The largest absolute Gasteiger partial charge is 0.493 e. The minimum absolute atomic E-state index is 0.0562. The maximum absolute atomic E-state index is 12.8. The third-order valence-electron chi connectivity index (χ3n) is 5.10. The number of sulfone groups is 1. The lowest BCUT2D eigenvalue weighted by Crippen LogP contribution is -2.28. The Kier molecular flexibility index (Phi) is 7.35. The first kappa shape index (κ1) is 23.5. The van der Waals surface area contributed by atoms with Crippen LogP contribution in [0.3, 0.4) is 0 Å². The van der Waals surface area contributed by atoms with Crippen molar-refractivity contribution in [3.63, 3.8) is 0 Å². The molecule has 0 aliphatic rings. The fourth-order valence-corrected chi connectivity index (χ4v) is 4.07. The van der Waals surface area contributed by atoms with Gasteiger partial charge in [0.2, 0.25) is 0 Å². The summed E-state index contributed by atoms with van der Waals surface area (Å²) in [5.41, 5.74) is 3.70. The van der Waals surface area contributed by atoms with Crippen molar-refractivity contribution in [2.45, 2.75) is 31.7 Å². The summed E-state index contributed by atoms with van der Waals surface area (Å²) in [6, 6.07) is 16.1. The van der Waals surface area contributed by atoms with Crippen LogP contribution in [-0.2, 0) is 16.4 Å². The average Bonchev–Trinajstić information content (AvgIpc) is 3.06. The Labute approximate surface area is 189 Å². The van der Waals surface area contributed by atoms with Gasteiger partial charge < -0.3 is 9.64 Å². The van der Waals surface area contributed by atoms with Gasteiger partial charge in [0.25, 0.3) is 5.91 Å². The average molecular weight is 456 g/mol. The van der Waals surface area contributed by atoms with E-state index in [1.165, 1.54) is 18.4 Å². The van der Waals surface area contributed by atoms with Crippen LogP contribution in [0.2, 0.25) is 0 Å². The van der Waals surface area contributed by atoms with Gasteiger partial charge in [-0.15, -0.1) is 0 Å². The molecule has 0 spiro atoms. The van der Waals surface area contributed by atoms with Crippen LogP contribution in [0.4, 0.5) is 0 Å². The fourth-order valence-electron chi connectivity index (χ4n) is 3.42. The van der Waals surface area contributed by atoms with Crippen molar-refractivity contribution in [2.24, 2.45) is 0 Å². The molecule has 170 valence electrons. The maximum Gasteiger partial charge on any atom is 0.253 e. The number of carbonyl (C=O) groups excluding carboxylic acids is 1. The molecule has 0 saturated heterocycles. The van der Waals surface area contributed by atoms with Crippen LogP contribution in [0, 0.1) is 13.8 Å². The molecule has 0 fully saturated rings. The van der Waals surface area contributed by atoms with Crippen molar-refractivity contribution in [1.29, 1.82) is 0 Å². The molecule has 1 aromatic heterocycles. The van der Waals surface area contributed by atoms with Crippen molar-refractivity contribution >= 4 is 15.7 Å². The van der Waals surface area contributed by atoms with Crippen molar-refractivity contribution in [2.75, 3.05) is 26.5 Å². The van der Waals surface area contributed by atoms with E-state index < -0.39 is 9.84 Å². The molecule has 0 aliphatic carbocycles. The molecule has 0 bridgehead atoms. The molecule has 7 nitrogen and oxygen atoms in total. The summed E-state index contributed by atoms with van der Waals surface area (Å²) < 4.78 is 30.9. The standard InChI is InChI=1S/C24H29N3O4S/c1-18-14-19(2)27(25-18)17-20-8-5-9-21(15-20)24(28)26(3)12-7-13-31-22-10-6-11-23(16-22)32(4,29)30/h5-6,8-11,14-16H,7,12-13,17H2,1-4H3. The third-order valence-corrected chi connectivity index (χ3v) is 6.21. The first-order valence-electron chi connectivity index (χ1n) is 10.4. The number of nitrogens with zero attached hydrogens (tertiary/aromatic N) is 3. The molecule has 32 heavy (non-hydrogen) atoms. The van der Waals surface area contributed by atoms with Crippen LogP contribution >= 0.6 is 0 Å². The number of amides is 1. The highest BCUT2D eigenvalue weighted by molar-refractivity contribution is 7.90. The minimum Gasteiger partial charge on any atom is -0.493 e. The summed E-state index contributed by atoms with van der Waals surface area (Å²) in [5, 5.41) is 4.48. The Hall–Kier alpha value is -3.13. The second kappa shape index (κ2) is 9.99. The van der Waals surface area contributed by atoms with Gasteiger partial charge in [-0.1, -0.05) is 18.2 Å². The van der Waals surface area contributed by atoms with E-state index in [0.29, 0.717) is 37.4 Å². The van der Waals surface area contributed by atoms with E-state index in [9.17, 15) is 13.2 Å². The van der Waals surface area contributed by atoms with E-state index in [-0.39, 0.29) is 10.8 Å². The summed E-state index contributed by atoms with van der Waals surface area (Å²) >= 11 is 0. The Morgan fingerprint density at radius 2 is 1.84 bits per heavy atom. The van der Waals surface area contributed by atoms with Crippen LogP contribution in [0.15, 0.2) is 59.5 Å². The first-order valence-corrected chi connectivity index (χ1v) is 12.3. The first-order chi connectivity index (χ1) is 15.1. The Balaban J connectivity index is 1.53. The molecule has 0 unspecified atom stereocenters.